The summed E-state index contributed by atoms with van der Waals surface area (Å²) in [7, 11) is 0. The van der Waals surface area contributed by atoms with E-state index < -0.39 is 0 Å². The first-order valence-electron chi connectivity index (χ1n) is 4.37. The van der Waals surface area contributed by atoms with Crippen molar-refractivity contribution in [1.29, 1.82) is 0 Å². The van der Waals surface area contributed by atoms with Gasteiger partial charge in [-0.25, -0.2) is 0 Å². The lowest BCUT2D eigenvalue weighted by Gasteiger charge is -2.14. The average molecular weight is 384 g/mol. The smallest absolute Gasteiger partial charge is 0.141 e. The third-order valence-corrected chi connectivity index (χ3v) is 2.85. The van der Waals surface area contributed by atoms with E-state index in [1.165, 1.54) is 6.21 Å². The zero-order valence-corrected chi connectivity index (χ0v) is 12.1. The Hall–Kier alpha value is -0.300. The van der Waals surface area contributed by atoms with Gasteiger partial charge in [-0.3, -0.25) is 0 Å². The highest BCUT2D eigenvalue weighted by Crippen LogP contribution is 2.29. The number of halogens is 2. The van der Waals surface area contributed by atoms with Crippen molar-refractivity contribution >= 4 is 44.7 Å². The lowest BCUT2D eigenvalue weighted by Crippen LogP contribution is -2.08. The molecule has 0 bridgehead atoms. The molecular weight excluding hydrogens is 373 g/mol. The standard InChI is InChI=1S/C10H11BrINO2/c1-6(2)15-10-7(5-13-14)3-8(11)4-9(10)12/h3-6,14H,1-2H3/b13-5-. The lowest BCUT2D eigenvalue weighted by atomic mass is 10.2. The summed E-state index contributed by atoms with van der Waals surface area (Å²) in [5, 5.41) is 11.6. The van der Waals surface area contributed by atoms with Gasteiger partial charge < -0.3 is 9.94 Å². The predicted molar refractivity (Wildman–Crippen MR) is 72.0 cm³/mol. The van der Waals surface area contributed by atoms with E-state index in [4.69, 9.17) is 9.94 Å². The summed E-state index contributed by atoms with van der Waals surface area (Å²) in [4.78, 5) is 0. The van der Waals surface area contributed by atoms with E-state index in [0.29, 0.717) is 0 Å². The van der Waals surface area contributed by atoms with Gasteiger partial charge in [0.15, 0.2) is 0 Å². The Bertz CT molecular complexity index is 380. The largest absolute Gasteiger partial charge is 0.489 e. The van der Waals surface area contributed by atoms with Crippen molar-refractivity contribution in [2.75, 3.05) is 0 Å². The van der Waals surface area contributed by atoms with E-state index >= 15 is 0 Å². The first kappa shape index (κ1) is 12.8. The first-order chi connectivity index (χ1) is 7.04. The second-order valence-corrected chi connectivity index (χ2v) is 5.30. The van der Waals surface area contributed by atoms with Crippen LogP contribution in [0.3, 0.4) is 0 Å². The molecule has 1 aromatic rings. The Morgan fingerprint density at radius 3 is 2.73 bits per heavy atom. The molecule has 1 N–H and O–H groups in total. The fourth-order valence-electron chi connectivity index (χ4n) is 1.10. The molecule has 0 atom stereocenters. The molecule has 0 heterocycles. The van der Waals surface area contributed by atoms with Gasteiger partial charge in [0.1, 0.15) is 5.75 Å². The molecule has 0 aliphatic heterocycles. The van der Waals surface area contributed by atoms with Crippen LogP contribution in [-0.4, -0.2) is 17.5 Å². The van der Waals surface area contributed by atoms with Crippen LogP contribution >= 0.6 is 38.5 Å². The fraction of sp³-hybridized carbons (Fsp3) is 0.300. The van der Waals surface area contributed by atoms with E-state index in [2.05, 4.69) is 43.7 Å². The summed E-state index contributed by atoms with van der Waals surface area (Å²) >= 11 is 5.57. The molecule has 3 nitrogen and oxygen atoms in total. The first-order valence-corrected chi connectivity index (χ1v) is 6.25. The van der Waals surface area contributed by atoms with Crippen LogP contribution < -0.4 is 4.74 Å². The molecule has 0 spiro atoms. The van der Waals surface area contributed by atoms with E-state index in [1.807, 2.05) is 26.0 Å². The highest BCUT2D eigenvalue weighted by atomic mass is 127. The Morgan fingerprint density at radius 1 is 1.53 bits per heavy atom. The summed E-state index contributed by atoms with van der Waals surface area (Å²) in [5.41, 5.74) is 0.755. The summed E-state index contributed by atoms with van der Waals surface area (Å²) in [6.07, 6.45) is 1.45. The number of ether oxygens (including phenoxy) is 1. The van der Waals surface area contributed by atoms with Gasteiger partial charge in [-0.05, 0) is 48.6 Å². The minimum absolute atomic E-state index is 0.0885. The molecule has 0 saturated carbocycles. The van der Waals surface area contributed by atoms with Crippen molar-refractivity contribution in [3.63, 3.8) is 0 Å². The molecule has 0 saturated heterocycles. The SMILES string of the molecule is CC(C)Oc1c(I)cc(Br)cc1/C=N\O. The van der Waals surface area contributed by atoms with Gasteiger partial charge in [-0.2, -0.15) is 0 Å². The lowest BCUT2D eigenvalue weighted by molar-refractivity contribution is 0.240. The van der Waals surface area contributed by atoms with Crippen molar-refractivity contribution in [1.82, 2.24) is 0 Å². The van der Waals surface area contributed by atoms with Crippen molar-refractivity contribution in [2.24, 2.45) is 5.16 Å². The maximum Gasteiger partial charge on any atom is 0.141 e. The third kappa shape index (κ3) is 3.64. The normalized spacial score (nSPS) is 11.3. The molecule has 0 aliphatic carbocycles. The Morgan fingerprint density at radius 2 is 2.20 bits per heavy atom. The van der Waals surface area contributed by atoms with E-state index in [1.54, 1.807) is 0 Å². The Balaban J connectivity index is 3.20. The van der Waals surface area contributed by atoms with Crippen LogP contribution in [0.2, 0.25) is 0 Å². The topological polar surface area (TPSA) is 41.8 Å². The minimum atomic E-state index is 0.0885. The van der Waals surface area contributed by atoms with Crippen LogP contribution in [0.4, 0.5) is 0 Å². The molecule has 0 radical (unpaired) electrons. The number of nitrogens with zero attached hydrogens (tertiary/aromatic N) is 1. The zero-order valence-electron chi connectivity index (χ0n) is 8.37. The maximum atomic E-state index is 8.56. The van der Waals surface area contributed by atoms with Gasteiger partial charge >= 0.3 is 0 Å². The van der Waals surface area contributed by atoms with Crippen LogP contribution in [0.25, 0.3) is 0 Å². The van der Waals surface area contributed by atoms with Crippen LogP contribution in [0.15, 0.2) is 21.8 Å². The minimum Gasteiger partial charge on any atom is -0.489 e. The zero-order chi connectivity index (χ0) is 11.4. The Kier molecular flexibility index (Phi) is 4.85. The molecule has 0 aromatic heterocycles. The van der Waals surface area contributed by atoms with Crippen LogP contribution in [0.5, 0.6) is 5.75 Å². The van der Waals surface area contributed by atoms with E-state index in [-0.39, 0.29) is 6.10 Å². The number of rotatable bonds is 3. The number of hydrogen-bond acceptors (Lipinski definition) is 3. The quantitative estimate of drug-likeness (QED) is 0.374. The molecule has 0 fully saturated rings. The fourth-order valence-corrected chi connectivity index (χ4v) is 2.78. The highest BCUT2D eigenvalue weighted by molar-refractivity contribution is 14.1. The molecule has 0 amide bonds. The summed E-state index contributed by atoms with van der Waals surface area (Å²) in [6.45, 7) is 3.91. The molecule has 0 aliphatic rings. The summed E-state index contributed by atoms with van der Waals surface area (Å²) in [5.74, 6) is 0.742. The third-order valence-electron chi connectivity index (χ3n) is 1.59. The number of benzene rings is 1. The number of hydrogen-bond donors (Lipinski definition) is 1. The average Bonchev–Trinajstić information content (AvgIpc) is 2.11. The number of oxime groups is 1. The van der Waals surface area contributed by atoms with Gasteiger partial charge in [0.05, 0.1) is 15.9 Å². The van der Waals surface area contributed by atoms with Crippen LogP contribution in [-0.2, 0) is 0 Å². The second kappa shape index (κ2) is 5.69. The van der Waals surface area contributed by atoms with Crippen molar-refractivity contribution in [3.8, 4) is 5.75 Å². The Labute approximate surface area is 111 Å². The monoisotopic (exact) mass is 383 g/mol. The van der Waals surface area contributed by atoms with Gasteiger partial charge in [0.2, 0.25) is 0 Å². The molecule has 1 aromatic carbocycles. The van der Waals surface area contributed by atoms with Gasteiger partial charge in [0.25, 0.3) is 0 Å². The molecule has 5 heteroatoms. The van der Waals surface area contributed by atoms with Crippen molar-refractivity contribution in [2.45, 2.75) is 20.0 Å². The van der Waals surface area contributed by atoms with E-state index in [0.717, 1.165) is 19.4 Å². The summed E-state index contributed by atoms with van der Waals surface area (Å²) in [6, 6.07) is 3.80. The van der Waals surface area contributed by atoms with Crippen LogP contribution in [0.1, 0.15) is 19.4 Å². The maximum absolute atomic E-state index is 8.56. The molecular formula is C10H11BrINO2. The molecule has 0 unspecified atom stereocenters. The van der Waals surface area contributed by atoms with Crippen LogP contribution in [0, 0.1) is 3.57 Å². The molecule has 82 valence electrons. The van der Waals surface area contributed by atoms with Gasteiger partial charge in [-0.15, -0.1) is 0 Å². The van der Waals surface area contributed by atoms with Gasteiger partial charge in [0, 0.05) is 10.0 Å². The van der Waals surface area contributed by atoms with Crippen molar-refractivity contribution in [3.05, 3.63) is 25.7 Å². The van der Waals surface area contributed by atoms with Gasteiger partial charge in [-0.1, -0.05) is 21.1 Å². The highest BCUT2D eigenvalue weighted by Gasteiger charge is 2.10. The molecule has 1 rings (SSSR count). The summed E-state index contributed by atoms with van der Waals surface area (Å²) < 4.78 is 7.56. The predicted octanol–water partition coefficient (Wildman–Crippen LogP) is 3.65. The molecule has 15 heavy (non-hydrogen) atoms. The second-order valence-electron chi connectivity index (χ2n) is 3.22. The van der Waals surface area contributed by atoms with Crippen molar-refractivity contribution < 1.29 is 9.94 Å². The van der Waals surface area contributed by atoms with E-state index in [9.17, 15) is 0 Å².